The summed E-state index contributed by atoms with van der Waals surface area (Å²) in [7, 11) is 0. The van der Waals surface area contributed by atoms with Gasteiger partial charge in [0, 0.05) is 30.9 Å². The lowest BCUT2D eigenvalue weighted by Gasteiger charge is -2.22. The van der Waals surface area contributed by atoms with Crippen molar-refractivity contribution in [1.29, 1.82) is 0 Å². The lowest BCUT2D eigenvalue weighted by molar-refractivity contribution is 0.481. The number of anilines is 1. The van der Waals surface area contributed by atoms with Crippen LogP contribution in [0.15, 0.2) is 55.1 Å². The van der Waals surface area contributed by atoms with E-state index < -0.39 is 0 Å². The standard InChI is InChI=1S/C20H21ClFN5/c1-14(15-2-4-17(5-3-15)27-13-23-12-24-27)25-16-8-9-26(11-16)18-6-7-20(22)19(21)10-18/h2-7,10,12-14,16,25H,8-9,11H2,1H3. The normalized spacial score (nSPS) is 18.0. The van der Waals surface area contributed by atoms with Gasteiger partial charge in [0.05, 0.1) is 10.7 Å². The first kappa shape index (κ1) is 17.9. The summed E-state index contributed by atoms with van der Waals surface area (Å²) in [6.45, 7) is 3.98. The van der Waals surface area contributed by atoms with Gasteiger partial charge in [0.1, 0.15) is 18.5 Å². The first-order chi connectivity index (χ1) is 13.1. The molecule has 1 saturated heterocycles. The zero-order valence-electron chi connectivity index (χ0n) is 15.0. The molecule has 4 rings (SSSR count). The highest BCUT2D eigenvalue weighted by Crippen LogP contribution is 2.26. The van der Waals surface area contributed by atoms with E-state index in [-0.39, 0.29) is 16.9 Å². The molecule has 1 fully saturated rings. The van der Waals surface area contributed by atoms with Crippen molar-refractivity contribution in [2.75, 3.05) is 18.0 Å². The summed E-state index contributed by atoms with van der Waals surface area (Å²) < 4.78 is 15.1. The summed E-state index contributed by atoms with van der Waals surface area (Å²) in [6.07, 6.45) is 4.25. The molecule has 0 aliphatic carbocycles. The molecular formula is C20H21ClFN5. The van der Waals surface area contributed by atoms with Gasteiger partial charge in [-0.2, -0.15) is 5.10 Å². The molecule has 1 aliphatic rings. The predicted octanol–water partition coefficient (Wildman–Crippen LogP) is 3.99. The largest absolute Gasteiger partial charge is 0.370 e. The first-order valence-corrected chi connectivity index (χ1v) is 9.39. The maximum atomic E-state index is 13.4. The van der Waals surface area contributed by atoms with Crippen LogP contribution in [-0.4, -0.2) is 33.9 Å². The van der Waals surface area contributed by atoms with Crippen molar-refractivity contribution in [1.82, 2.24) is 20.1 Å². The van der Waals surface area contributed by atoms with E-state index in [2.05, 4.69) is 39.4 Å². The SMILES string of the molecule is CC(NC1CCN(c2ccc(F)c(Cl)c2)C1)c1ccc(-n2cncn2)cc1. The Balaban J connectivity index is 1.37. The maximum Gasteiger partial charge on any atom is 0.141 e. The minimum atomic E-state index is -0.378. The van der Waals surface area contributed by atoms with E-state index in [4.69, 9.17) is 11.6 Å². The van der Waals surface area contributed by atoms with Crippen LogP contribution in [0.3, 0.4) is 0 Å². The number of nitrogens with one attached hydrogen (secondary N) is 1. The van der Waals surface area contributed by atoms with Gasteiger partial charge in [0.2, 0.25) is 0 Å². The molecule has 1 N–H and O–H groups in total. The van der Waals surface area contributed by atoms with Gasteiger partial charge < -0.3 is 10.2 Å². The molecule has 2 atom stereocenters. The van der Waals surface area contributed by atoms with Crippen molar-refractivity contribution in [3.8, 4) is 5.69 Å². The molecule has 0 spiro atoms. The number of aromatic nitrogens is 3. The Morgan fingerprint density at radius 2 is 1.96 bits per heavy atom. The number of hydrogen-bond donors (Lipinski definition) is 1. The lowest BCUT2D eigenvalue weighted by atomic mass is 10.1. The summed E-state index contributed by atoms with van der Waals surface area (Å²) in [6, 6.07) is 13.8. The Morgan fingerprint density at radius 3 is 2.67 bits per heavy atom. The molecule has 0 radical (unpaired) electrons. The quantitative estimate of drug-likeness (QED) is 0.721. The average molecular weight is 386 g/mol. The molecule has 1 aliphatic heterocycles. The van der Waals surface area contributed by atoms with Gasteiger partial charge in [-0.3, -0.25) is 0 Å². The fourth-order valence-electron chi connectivity index (χ4n) is 3.52. The van der Waals surface area contributed by atoms with E-state index in [9.17, 15) is 4.39 Å². The Hall–Kier alpha value is -2.44. The zero-order chi connectivity index (χ0) is 18.8. The summed E-state index contributed by atoms with van der Waals surface area (Å²) in [5, 5.41) is 8.01. The van der Waals surface area contributed by atoms with Crippen molar-refractivity contribution in [3.63, 3.8) is 0 Å². The van der Waals surface area contributed by atoms with Crippen molar-refractivity contribution in [2.24, 2.45) is 0 Å². The highest BCUT2D eigenvalue weighted by molar-refractivity contribution is 6.31. The number of hydrogen-bond acceptors (Lipinski definition) is 4. The second-order valence-electron chi connectivity index (χ2n) is 6.85. The van der Waals surface area contributed by atoms with E-state index in [1.165, 1.54) is 18.0 Å². The van der Waals surface area contributed by atoms with Crippen LogP contribution in [0, 0.1) is 5.82 Å². The van der Waals surface area contributed by atoms with E-state index in [1.807, 2.05) is 12.1 Å². The molecule has 1 aromatic heterocycles. The minimum absolute atomic E-state index is 0.171. The summed E-state index contributed by atoms with van der Waals surface area (Å²) >= 11 is 5.92. The fraction of sp³-hybridized carbons (Fsp3) is 0.300. The third-order valence-corrected chi connectivity index (χ3v) is 5.31. The molecule has 3 aromatic rings. The van der Waals surface area contributed by atoms with Gasteiger partial charge >= 0.3 is 0 Å². The van der Waals surface area contributed by atoms with Crippen LogP contribution in [0.1, 0.15) is 24.9 Å². The van der Waals surface area contributed by atoms with Crippen molar-refractivity contribution in [3.05, 3.63) is 71.5 Å². The first-order valence-electron chi connectivity index (χ1n) is 9.01. The van der Waals surface area contributed by atoms with Crippen LogP contribution in [-0.2, 0) is 0 Å². The number of halogens is 2. The maximum absolute atomic E-state index is 13.4. The number of rotatable bonds is 5. The molecule has 2 heterocycles. The highest BCUT2D eigenvalue weighted by atomic mass is 35.5. The fourth-order valence-corrected chi connectivity index (χ4v) is 3.69. The summed E-state index contributed by atoms with van der Waals surface area (Å²) in [5.41, 5.74) is 3.18. The van der Waals surface area contributed by atoms with E-state index in [0.29, 0.717) is 6.04 Å². The lowest BCUT2D eigenvalue weighted by Crippen LogP contribution is -2.34. The Kier molecular flexibility index (Phi) is 5.09. The topological polar surface area (TPSA) is 46.0 Å². The Morgan fingerprint density at radius 1 is 1.19 bits per heavy atom. The summed E-state index contributed by atoms with van der Waals surface area (Å²) in [5.74, 6) is -0.378. The van der Waals surface area contributed by atoms with Crippen LogP contribution < -0.4 is 10.2 Å². The van der Waals surface area contributed by atoms with Crippen molar-refractivity contribution >= 4 is 17.3 Å². The minimum Gasteiger partial charge on any atom is -0.370 e. The van der Waals surface area contributed by atoms with Gasteiger partial charge in [-0.15, -0.1) is 0 Å². The van der Waals surface area contributed by atoms with Gasteiger partial charge in [-0.05, 0) is 49.2 Å². The van der Waals surface area contributed by atoms with Crippen molar-refractivity contribution in [2.45, 2.75) is 25.4 Å². The van der Waals surface area contributed by atoms with Crippen LogP contribution in [0.2, 0.25) is 5.02 Å². The van der Waals surface area contributed by atoms with Crippen LogP contribution in [0.5, 0.6) is 0 Å². The molecule has 0 amide bonds. The molecule has 27 heavy (non-hydrogen) atoms. The second kappa shape index (κ2) is 7.66. The zero-order valence-corrected chi connectivity index (χ0v) is 15.8. The molecule has 0 bridgehead atoms. The van der Waals surface area contributed by atoms with Gasteiger partial charge in [0.15, 0.2) is 0 Å². The molecule has 7 heteroatoms. The summed E-state index contributed by atoms with van der Waals surface area (Å²) in [4.78, 5) is 6.21. The van der Waals surface area contributed by atoms with Crippen LogP contribution >= 0.6 is 11.6 Å². The molecule has 5 nitrogen and oxygen atoms in total. The monoisotopic (exact) mass is 385 g/mol. The van der Waals surface area contributed by atoms with Gasteiger partial charge in [-0.25, -0.2) is 14.1 Å². The number of nitrogens with zero attached hydrogens (tertiary/aromatic N) is 4. The van der Waals surface area contributed by atoms with E-state index in [0.717, 1.165) is 30.9 Å². The molecule has 0 saturated carbocycles. The predicted molar refractivity (Wildman–Crippen MR) is 105 cm³/mol. The van der Waals surface area contributed by atoms with Gasteiger partial charge in [-0.1, -0.05) is 23.7 Å². The Labute approximate surface area is 162 Å². The van der Waals surface area contributed by atoms with Gasteiger partial charge in [0.25, 0.3) is 0 Å². The average Bonchev–Trinajstić information content (AvgIpc) is 3.36. The van der Waals surface area contributed by atoms with E-state index >= 15 is 0 Å². The molecule has 140 valence electrons. The molecule has 2 unspecified atom stereocenters. The number of benzene rings is 2. The van der Waals surface area contributed by atoms with Crippen LogP contribution in [0.4, 0.5) is 10.1 Å². The van der Waals surface area contributed by atoms with Crippen LogP contribution in [0.25, 0.3) is 5.69 Å². The second-order valence-corrected chi connectivity index (χ2v) is 7.26. The third kappa shape index (κ3) is 3.96. The third-order valence-electron chi connectivity index (χ3n) is 5.02. The molecule has 2 aromatic carbocycles. The Bertz CT molecular complexity index is 897. The van der Waals surface area contributed by atoms with E-state index in [1.54, 1.807) is 23.1 Å². The smallest absolute Gasteiger partial charge is 0.141 e. The molecular weight excluding hydrogens is 365 g/mol. The highest BCUT2D eigenvalue weighted by Gasteiger charge is 2.24. The van der Waals surface area contributed by atoms with Crippen molar-refractivity contribution < 1.29 is 4.39 Å².